The van der Waals surface area contributed by atoms with Crippen molar-refractivity contribution in [3.8, 4) is 0 Å². The van der Waals surface area contributed by atoms with E-state index in [-0.39, 0.29) is 5.91 Å². The highest BCUT2D eigenvalue weighted by Gasteiger charge is 2.44. The Bertz CT molecular complexity index is 759. The van der Waals surface area contributed by atoms with E-state index in [1.165, 1.54) is 0 Å². The molecule has 0 radical (unpaired) electrons. The molecule has 0 aliphatic carbocycles. The van der Waals surface area contributed by atoms with E-state index in [9.17, 15) is 14.7 Å². The van der Waals surface area contributed by atoms with Crippen LogP contribution in [-0.2, 0) is 17.3 Å². The van der Waals surface area contributed by atoms with Crippen molar-refractivity contribution in [3.63, 3.8) is 0 Å². The summed E-state index contributed by atoms with van der Waals surface area (Å²) in [6, 6.07) is 11.1. The van der Waals surface area contributed by atoms with Gasteiger partial charge in [-0.3, -0.25) is 14.3 Å². The van der Waals surface area contributed by atoms with Gasteiger partial charge in [-0.25, -0.2) is 0 Å². The van der Waals surface area contributed by atoms with Gasteiger partial charge in [-0.1, -0.05) is 30.3 Å². The quantitative estimate of drug-likeness (QED) is 0.935. The Balaban J connectivity index is 1.80. The van der Waals surface area contributed by atoms with E-state index in [1.54, 1.807) is 22.7 Å². The smallest absolute Gasteiger partial charge is 0.314 e. The maximum atomic E-state index is 12.7. The average molecular weight is 327 g/mol. The van der Waals surface area contributed by atoms with Crippen LogP contribution < -0.4 is 0 Å². The van der Waals surface area contributed by atoms with Gasteiger partial charge in [-0.2, -0.15) is 5.10 Å². The first kappa shape index (κ1) is 16.2. The predicted octanol–water partition coefficient (Wildman–Crippen LogP) is 1.99. The second kappa shape index (κ2) is 6.11. The highest BCUT2D eigenvalue weighted by molar-refractivity contribution is 5.93. The van der Waals surface area contributed by atoms with Gasteiger partial charge < -0.3 is 10.0 Å². The van der Waals surface area contributed by atoms with Crippen LogP contribution in [0.4, 0.5) is 0 Å². The summed E-state index contributed by atoms with van der Waals surface area (Å²) in [5.74, 6) is -0.915. The third kappa shape index (κ3) is 2.68. The van der Waals surface area contributed by atoms with Gasteiger partial charge in [0.25, 0.3) is 5.91 Å². The Labute approximate surface area is 140 Å². The molecule has 6 nitrogen and oxygen atoms in total. The number of carbonyl (C=O) groups excluding carboxylic acids is 1. The summed E-state index contributed by atoms with van der Waals surface area (Å²) in [5.41, 5.74) is 1.22. The van der Waals surface area contributed by atoms with Crippen LogP contribution in [0.25, 0.3) is 0 Å². The normalized spacial score (nSPS) is 16.8. The summed E-state index contributed by atoms with van der Waals surface area (Å²) < 4.78 is 1.58. The maximum absolute atomic E-state index is 12.7. The molecule has 3 rings (SSSR count). The Kier molecular flexibility index (Phi) is 4.13. The number of likely N-dealkylation sites (tertiary alicyclic amines) is 1. The fourth-order valence-corrected chi connectivity index (χ4v) is 3.45. The molecule has 0 saturated carbocycles. The van der Waals surface area contributed by atoms with Crippen LogP contribution in [0.15, 0.2) is 36.4 Å². The van der Waals surface area contributed by atoms with E-state index in [4.69, 9.17) is 0 Å². The molecule has 1 aromatic heterocycles. The standard InChI is InChI=1S/C18H21N3O3/c1-13-12-15(20(2)19-13)16(22)21-10-8-18(9-11-21,17(23)24)14-6-4-3-5-7-14/h3-7,12H,8-11H2,1-2H3,(H,23,24). The summed E-state index contributed by atoms with van der Waals surface area (Å²) in [5, 5.41) is 14.0. The summed E-state index contributed by atoms with van der Waals surface area (Å²) in [7, 11) is 1.75. The van der Waals surface area contributed by atoms with E-state index in [1.807, 2.05) is 37.3 Å². The molecular formula is C18H21N3O3. The van der Waals surface area contributed by atoms with Crippen LogP contribution in [0.2, 0.25) is 0 Å². The van der Waals surface area contributed by atoms with Gasteiger partial charge in [0.15, 0.2) is 0 Å². The van der Waals surface area contributed by atoms with Crippen molar-refractivity contribution in [1.82, 2.24) is 14.7 Å². The van der Waals surface area contributed by atoms with Gasteiger partial charge in [0.2, 0.25) is 0 Å². The Hall–Kier alpha value is -2.63. The van der Waals surface area contributed by atoms with Crippen molar-refractivity contribution < 1.29 is 14.7 Å². The molecule has 126 valence electrons. The van der Waals surface area contributed by atoms with Crippen molar-refractivity contribution in [2.45, 2.75) is 25.2 Å². The Morgan fingerprint density at radius 2 is 1.79 bits per heavy atom. The zero-order valence-electron chi connectivity index (χ0n) is 13.9. The molecule has 0 unspecified atom stereocenters. The molecule has 2 heterocycles. The summed E-state index contributed by atoms with van der Waals surface area (Å²) in [6.07, 6.45) is 0.823. The Morgan fingerprint density at radius 1 is 1.17 bits per heavy atom. The second-order valence-corrected chi connectivity index (χ2v) is 6.34. The number of hydrogen-bond donors (Lipinski definition) is 1. The minimum absolute atomic E-state index is 0.0925. The van der Waals surface area contributed by atoms with Gasteiger partial charge in [-0.05, 0) is 31.4 Å². The molecular weight excluding hydrogens is 306 g/mol. The molecule has 1 amide bonds. The molecule has 1 aliphatic rings. The second-order valence-electron chi connectivity index (χ2n) is 6.34. The fraction of sp³-hybridized carbons (Fsp3) is 0.389. The number of carbonyl (C=O) groups is 2. The first-order chi connectivity index (χ1) is 11.4. The van der Waals surface area contributed by atoms with Crippen LogP contribution in [0.1, 0.15) is 34.6 Å². The molecule has 2 aromatic rings. The number of benzene rings is 1. The van der Waals surface area contributed by atoms with E-state index < -0.39 is 11.4 Å². The lowest BCUT2D eigenvalue weighted by Gasteiger charge is -2.39. The summed E-state index contributed by atoms with van der Waals surface area (Å²) >= 11 is 0. The Morgan fingerprint density at radius 3 is 2.29 bits per heavy atom. The van der Waals surface area contributed by atoms with E-state index in [0.29, 0.717) is 31.6 Å². The number of carboxylic acid groups (broad SMARTS) is 1. The number of carboxylic acids is 1. The number of rotatable bonds is 3. The van der Waals surface area contributed by atoms with Crippen LogP contribution in [0.3, 0.4) is 0 Å². The van der Waals surface area contributed by atoms with Crippen molar-refractivity contribution >= 4 is 11.9 Å². The van der Waals surface area contributed by atoms with Gasteiger partial charge in [-0.15, -0.1) is 0 Å². The molecule has 1 aromatic carbocycles. The molecule has 1 fully saturated rings. The maximum Gasteiger partial charge on any atom is 0.314 e. The summed E-state index contributed by atoms with van der Waals surface area (Å²) in [4.78, 5) is 26.4. The van der Waals surface area contributed by atoms with Crippen LogP contribution in [-0.4, -0.2) is 44.8 Å². The minimum Gasteiger partial charge on any atom is -0.481 e. The van der Waals surface area contributed by atoms with Gasteiger partial charge >= 0.3 is 5.97 Å². The molecule has 6 heteroatoms. The molecule has 24 heavy (non-hydrogen) atoms. The number of nitrogens with zero attached hydrogens (tertiary/aromatic N) is 3. The number of aromatic nitrogens is 2. The highest BCUT2D eigenvalue weighted by atomic mass is 16.4. The van der Waals surface area contributed by atoms with E-state index in [2.05, 4.69) is 5.10 Å². The third-order valence-corrected chi connectivity index (χ3v) is 4.86. The zero-order chi connectivity index (χ0) is 17.3. The molecule has 1 aliphatic heterocycles. The first-order valence-corrected chi connectivity index (χ1v) is 8.03. The SMILES string of the molecule is Cc1cc(C(=O)N2CCC(C(=O)O)(c3ccccc3)CC2)n(C)n1. The van der Waals surface area contributed by atoms with Crippen molar-refractivity contribution in [2.75, 3.05) is 13.1 Å². The lowest BCUT2D eigenvalue weighted by Crippen LogP contribution is -2.49. The molecule has 1 N–H and O–H groups in total. The minimum atomic E-state index is -0.916. The van der Waals surface area contributed by atoms with Gasteiger partial charge in [0, 0.05) is 20.1 Å². The summed E-state index contributed by atoms with van der Waals surface area (Å²) in [6.45, 7) is 2.69. The van der Waals surface area contributed by atoms with Crippen LogP contribution >= 0.6 is 0 Å². The van der Waals surface area contributed by atoms with E-state index in [0.717, 1.165) is 11.3 Å². The molecule has 0 atom stereocenters. The van der Waals surface area contributed by atoms with Gasteiger partial charge in [0.05, 0.1) is 11.1 Å². The highest BCUT2D eigenvalue weighted by Crippen LogP contribution is 2.36. The zero-order valence-corrected chi connectivity index (χ0v) is 13.9. The molecule has 1 saturated heterocycles. The predicted molar refractivity (Wildman–Crippen MR) is 88.8 cm³/mol. The van der Waals surface area contributed by atoms with E-state index >= 15 is 0 Å². The first-order valence-electron chi connectivity index (χ1n) is 8.03. The van der Waals surface area contributed by atoms with Crippen molar-refractivity contribution in [1.29, 1.82) is 0 Å². The number of piperidine rings is 1. The molecule has 0 spiro atoms. The third-order valence-electron chi connectivity index (χ3n) is 4.86. The van der Waals surface area contributed by atoms with Crippen LogP contribution in [0, 0.1) is 6.92 Å². The average Bonchev–Trinajstić information content (AvgIpc) is 2.93. The topological polar surface area (TPSA) is 75.4 Å². The number of amides is 1. The lowest BCUT2D eigenvalue weighted by molar-refractivity contribution is -0.145. The largest absolute Gasteiger partial charge is 0.481 e. The molecule has 0 bridgehead atoms. The number of aliphatic carboxylic acids is 1. The van der Waals surface area contributed by atoms with Crippen molar-refractivity contribution in [2.24, 2.45) is 7.05 Å². The number of hydrogen-bond acceptors (Lipinski definition) is 3. The monoisotopic (exact) mass is 327 g/mol. The fourth-order valence-electron chi connectivity index (χ4n) is 3.45. The number of aryl methyl sites for hydroxylation is 2. The van der Waals surface area contributed by atoms with Crippen molar-refractivity contribution in [3.05, 3.63) is 53.3 Å². The van der Waals surface area contributed by atoms with Crippen LogP contribution in [0.5, 0.6) is 0 Å². The van der Waals surface area contributed by atoms with Gasteiger partial charge in [0.1, 0.15) is 5.69 Å². The lowest BCUT2D eigenvalue weighted by atomic mass is 9.73.